The van der Waals surface area contributed by atoms with Gasteiger partial charge in [-0.3, -0.25) is 4.79 Å². The minimum atomic E-state index is 0.0398. The van der Waals surface area contributed by atoms with Crippen molar-refractivity contribution in [2.75, 3.05) is 0 Å². The van der Waals surface area contributed by atoms with Crippen molar-refractivity contribution in [3.63, 3.8) is 0 Å². The molecule has 1 spiro atoms. The Morgan fingerprint density at radius 2 is 1.42 bits per heavy atom. The smallest absolute Gasteiger partial charge is 0.169 e. The van der Waals surface area contributed by atoms with Crippen LogP contribution in [0.5, 0.6) is 0 Å². The van der Waals surface area contributed by atoms with Crippen molar-refractivity contribution in [3.8, 4) is 0 Å². The molecule has 2 saturated carbocycles. The van der Waals surface area contributed by atoms with E-state index in [9.17, 15) is 4.79 Å². The highest BCUT2D eigenvalue weighted by Gasteiger charge is 2.59. The van der Waals surface area contributed by atoms with E-state index in [0.717, 1.165) is 31.3 Å². The molecule has 0 N–H and O–H groups in total. The van der Waals surface area contributed by atoms with Crippen LogP contribution >= 0.6 is 0 Å². The number of hydrogen-bond acceptors (Lipinski definition) is 1. The maximum absolute atomic E-state index is 12.8. The van der Waals surface area contributed by atoms with Gasteiger partial charge in [-0.05, 0) is 47.7 Å². The average molecular weight is 258 g/mol. The second kappa shape index (κ2) is 3.42. The van der Waals surface area contributed by atoms with Gasteiger partial charge in [-0.25, -0.2) is 0 Å². The monoisotopic (exact) mass is 258 g/mol. The molecule has 104 valence electrons. The first-order valence-corrected chi connectivity index (χ1v) is 7.58. The van der Waals surface area contributed by atoms with Gasteiger partial charge in [-0.1, -0.05) is 47.1 Å². The number of ketones is 1. The molecule has 0 amide bonds. The van der Waals surface area contributed by atoms with Crippen LogP contribution in [0.15, 0.2) is 22.3 Å². The van der Waals surface area contributed by atoms with Gasteiger partial charge in [0.1, 0.15) is 0 Å². The molecule has 0 bridgehead atoms. The number of fused-ring (bicyclic) bond motifs is 1. The Kier molecular flexibility index (Phi) is 2.37. The van der Waals surface area contributed by atoms with E-state index in [2.05, 4.69) is 41.5 Å². The number of carbonyl (C=O) groups excluding carboxylic acids is 1. The summed E-state index contributed by atoms with van der Waals surface area (Å²) in [6.45, 7) is 13.6. The zero-order chi connectivity index (χ0) is 14.2. The summed E-state index contributed by atoms with van der Waals surface area (Å²) in [5, 5.41) is 0. The molecule has 3 aliphatic rings. The van der Waals surface area contributed by atoms with Crippen molar-refractivity contribution in [2.45, 2.75) is 67.2 Å². The van der Waals surface area contributed by atoms with E-state index < -0.39 is 0 Å². The Bertz CT molecular complexity index is 525. The molecule has 1 nitrogen and oxygen atoms in total. The van der Waals surface area contributed by atoms with Crippen molar-refractivity contribution in [3.05, 3.63) is 22.3 Å². The van der Waals surface area contributed by atoms with Crippen molar-refractivity contribution in [1.82, 2.24) is 0 Å². The molecule has 0 aromatic heterocycles. The summed E-state index contributed by atoms with van der Waals surface area (Å²) in [5.41, 5.74) is 5.86. The van der Waals surface area contributed by atoms with Crippen molar-refractivity contribution < 1.29 is 4.79 Å². The Morgan fingerprint density at radius 1 is 0.895 bits per heavy atom. The van der Waals surface area contributed by atoms with Gasteiger partial charge in [0.05, 0.1) is 0 Å². The van der Waals surface area contributed by atoms with Gasteiger partial charge in [-0.2, -0.15) is 0 Å². The van der Waals surface area contributed by atoms with Gasteiger partial charge in [0, 0.05) is 11.0 Å². The molecule has 3 aliphatic carbocycles. The van der Waals surface area contributed by atoms with Crippen molar-refractivity contribution >= 4 is 5.78 Å². The topological polar surface area (TPSA) is 17.1 Å². The van der Waals surface area contributed by atoms with Crippen LogP contribution in [-0.4, -0.2) is 5.78 Å². The summed E-state index contributed by atoms with van der Waals surface area (Å²) in [7, 11) is 0. The molecule has 0 aromatic carbocycles. The van der Waals surface area contributed by atoms with Gasteiger partial charge in [0.25, 0.3) is 0 Å². The third-order valence-corrected chi connectivity index (χ3v) is 5.21. The van der Waals surface area contributed by atoms with Crippen LogP contribution in [0.1, 0.15) is 67.2 Å². The molecule has 0 aliphatic heterocycles. The van der Waals surface area contributed by atoms with Gasteiger partial charge >= 0.3 is 0 Å². The molecule has 1 heteroatoms. The van der Waals surface area contributed by atoms with E-state index in [1.807, 2.05) is 0 Å². The zero-order valence-electron chi connectivity index (χ0n) is 13.2. The fourth-order valence-electron chi connectivity index (χ4n) is 3.77. The number of hydrogen-bond donors (Lipinski definition) is 0. The van der Waals surface area contributed by atoms with E-state index >= 15 is 0 Å². The number of carbonyl (C=O) groups is 1. The predicted molar refractivity (Wildman–Crippen MR) is 78.9 cm³/mol. The molecule has 0 atom stereocenters. The SMILES string of the molecule is CC(C)(C)C1=C2CC3(CC3)C(=O)C2=C(C(C)(C)C)C1. The summed E-state index contributed by atoms with van der Waals surface area (Å²) in [5.74, 6) is 0.478. The van der Waals surface area contributed by atoms with E-state index in [1.54, 1.807) is 0 Å². The van der Waals surface area contributed by atoms with Crippen LogP contribution in [0, 0.1) is 16.2 Å². The van der Waals surface area contributed by atoms with Crippen LogP contribution in [-0.2, 0) is 4.79 Å². The Morgan fingerprint density at radius 3 is 1.84 bits per heavy atom. The van der Waals surface area contributed by atoms with Gasteiger partial charge in [0.15, 0.2) is 5.78 Å². The second-order valence-corrected chi connectivity index (χ2v) is 8.77. The summed E-state index contributed by atoms with van der Waals surface area (Å²) in [6.07, 6.45) is 4.30. The Balaban J connectivity index is 2.15. The normalized spacial score (nSPS) is 25.7. The summed E-state index contributed by atoms with van der Waals surface area (Å²) in [4.78, 5) is 12.8. The van der Waals surface area contributed by atoms with Crippen LogP contribution < -0.4 is 0 Å². The maximum atomic E-state index is 12.8. The fourth-order valence-corrected chi connectivity index (χ4v) is 3.77. The molecular weight excluding hydrogens is 232 g/mol. The van der Waals surface area contributed by atoms with Crippen molar-refractivity contribution in [2.24, 2.45) is 16.2 Å². The van der Waals surface area contributed by atoms with E-state index in [4.69, 9.17) is 0 Å². The van der Waals surface area contributed by atoms with Crippen LogP contribution in [0.2, 0.25) is 0 Å². The molecule has 0 aromatic rings. The lowest BCUT2D eigenvalue weighted by molar-refractivity contribution is -0.118. The Labute approximate surface area is 117 Å². The van der Waals surface area contributed by atoms with Crippen LogP contribution in [0.3, 0.4) is 0 Å². The summed E-state index contributed by atoms with van der Waals surface area (Å²) < 4.78 is 0. The first kappa shape index (κ1) is 13.1. The molecule has 2 fully saturated rings. The quantitative estimate of drug-likeness (QED) is 0.608. The second-order valence-electron chi connectivity index (χ2n) is 8.77. The van der Waals surface area contributed by atoms with Crippen LogP contribution in [0.4, 0.5) is 0 Å². The summed E-state index contributed by atoms with van der Waals surface area (Å²) in [6, 6.07) is 0. The van der Waals surface area contributed by atoms with E-state index in [1.165, 1.54) is 16.7 Å². The Hall–Kier alpha value is -0.850. The van der Waals surface area contributed by atoms with Gasteiger partial charge in [0.2, 0.25) is 0 Å². The molecule has 0 heterocycles. The molecule has 19 heavy (non-hydrogen) atoms. The predicted octanol–water partition coefficient (Wildman–Crippen LogP) is 4.83. The van der Waals surface area contributed by atoms with Crippen molar-refractivity contribution in [1.29, 1.82) is 0 Å². The number of allylic oxidation sites excluding steroid dienone is 4. The van der Waals surface area contributed by atoms with Gasteiger partial charge < -0.3 is 0 Å². The lowest BCUT2D eigenvalue weighted by atomic mass is 9.78. The molecule has 3 rings (SSSR count). The molecule has 0 radical (unpaired) electrons. The highest BCUT2D eigenvalue weighted by molar-refractivity contribution is 6.10. The maximum Gasteiger partial charge on any atom is 0.169 e. The minimum Gasteiger partial charge on any atom is -0.294 e. The largest absolute Gasteiger partial charge is 0.294 e. The van der Waals surface area contributed by atoms with Crippen LogP contribution in [0.25, 0.3) is 0 Å². The molecular formula is C18H26O. The molecule has 0 unspecified atom stereocenters. The lowest BCUT2D eigenvalue weighted by Gasteiger charge is -2.27. The molecule has 0 saturated heterocycles. The summed E-state index contributed by atoms with van der Waals surface area (Å²) >= 11 is 0. The van der Waals surface area contributed by atoms with E-state index in [-0.39, 0.29) is 16.2 Å². The lowest BCUT2D eigenvalue weighted by Crippen LogP contribution is -2.17. The minimum absolute atomic E-state index is 0.0398. The first-order chi connectivity index (χ1) is 8.56. The third kappa shape index (κ3) is 1.77. The fraction of sp³-hybridized carbons (Fsp3) is 0.722. The first-order valence-electron chi connectivity index (χ1n) is 7.58. The highest BCUT2D eigenvalue weighted by Crippen LogP contribution is 2.64. The zero-order valence-corrected chi connectivity index (χ0v) is 13.2. The third-order valence-electron chi connectivity index (χ3n) is 5.21. The highest BCUT2D eigenvalue weighted by atomic mass is 16.1. The number of rotatable bonds is 0. The average Bonchev–Trinajstić information content (AvgIpc) is 2.79. The number of Topliss-reactive ketones (excluding diaryl/α,β-unsaturated/α-hetero) is 1. The standard InChI is InChI=1S/C18H26O/c1-16(2,3)12-9-13(17(4,5)6)14-11(12)10-18(7-8-18)15(14)19/h7-10H2,1-6H3. The van der Waals surface area contributed by atoms with E-state index in [0.29, 0.717) is 5.78 Å². The van der Waals surface area contributed by atoms with Gasteiger partial charge in [-0.15, -0.1) is 0 Å².